The van der Waals surface area contributed by atoms with Crippen LogP contribution < -0.4 is 0 Å². The van der Waals surface area contributed by atoms with E-state index in [1.165, 1.54) is 0 Å². The summed E-state index contributed by atoms with van der Waals surface area (Å²) in [5.74, 6) is -1.21. The summed E-state index contributed by atoms with van der Waals surface area (Å²) in [6.45, 7) is 2.13. The van der Waals surface area contributed by atoms with Gasteiger partial charge >= 0.3 is 5.97 Å². The highest BCUT2D eigenvalue weighted by Gasteiger charge is 2.34. The van der Waals surface area contributed by atoms with E-state index in [9.17, 15) is 9.59 Å². The number of hydrogen-bond donors (Lipinski definition) is 1. The molecule has 2 rings (SSSR count). The maximum atomic E-state index is 12.2. The molecule has 0 aliphatic carbocycles. The molecule has 0 radical (unpaired) electrons. The van der Waals surface area contributed by atoms with Crippen molar-refractivity contribution in [1.82, 2.24) is 4.90 Å². The Morgan fingerprint density at radius 1 is 1.41 bits per heavy atom. The van der Waals surface area contributed by atoms with Gasteiger partial charge in [0.25, 0.3) is 0 Å². The van der Waals surface area contributed by atoms with Gasteiger partial charge in [-0.05, 0) is 25.7 Å². The molecule has 2 aliphatic heterocycles. The summed E-state index contributed by atoms with van der Waals surface area (Å²) in [7, 11) is 0. The SMILES string of the molecule is O=C(O)CC1CCCN(C2CCCOC2)C1=O. The molecule has 2 atom stereocenters. The molecule has 2 fully saturated rings. The lowest BCUT2D eigenvalue weighted by atomic mass is 9.92. The molecular formula is C12H19NO4. The van der Waals surface area contributed by atoms with Gasteiger partial charge in [0.2, 0.25) is 5.91 Å². The maximum absolute atomic E-state index is 12.2. The third kappa shape index (κ3) is 2.97. The second-order valence-corrected chi connectivity index (χ2v) is 4.84. The van der Waals surface area contributed by atoms with Gasteiger partial charge in [0, 0.05) is 19.1 Å². The lowest BCUT2D eigenvalue weighted by molar-refractivity contribution is -0.150. The van der Waals surface area contributed by atoms with E-state index in [0.29, 0.717) is 13.0 Å². The number of carboxylic acids is 1. The number of nitrogens with zero attached hydrogens (tertiary/aromatic N) is 1. The second-order valence-electron chi connectivity index (χ2n) is 4.84. The summed E-state index contributed by atoms with van der Waals surface area (Å²) in [6.07, 6.45) is 3.53. The van der Waals surface area contributed by atoms with Crippen molar-refractivity contribution in [1.29, 1.82) is 0 Å². The Balaban J connectivity index is 1.97. The summed E-state index contributed by atoms with van der Waals surface area (Å²) >= 11 is 0. The van der Waals surface area contributed by atoms with Crippen molar-refractivity contribution < 1.29 is 19.4 Å². The third-order valence-corrected chi connectivity index (χ3v) is 3.58. The number of carbonyl (C=O) groups is 2. The van der Waals surface area contributed by atoms with Crippen LogP contribution in [0.1, 0.15) is 32.1 Å². The predicted molar refractivity (Wildman–Crippen MR) is 60.5 cm³/mol. The van der Waals surface area contributed by atoms with Gasteiger partial charge in [-0.3, -0.25) is 9.59 Å². The Hall–Kier alpha value is -1.10. The van der Waals surface area contributed by atoms with E-state index in [4.69, 9.17) is 9.84 Å². The summed E-state index contributed by atoms with van der Waals surface area (Å²) in [5, 5.41) is 8.78. The van der Waals surface area contributed by atoms with Crippen molar-refractivity contribution in [2.24, 2.45) is 5.92 Å². The molecule has 2 aliphatic rings. The fourth-order valence-electron chi connectivity index (χ4n) is 2.71. The zero-order valence-electron chi connectivity index (χ0n) is 9.93. The monoisotopic (exact) mass is 241 g/mol. The largest absolute Gasteiger partial charge is 0.481 e. The molecule has 2 saturated heterocycles. The molecule has 0 aromatic heterocycles. The number of ether oxygens (including phenoxy) is 1. The van der Waals surface area contributed by atoms with Crippen molar-refractivity contribution in [3.8, 4) is 0 Å². The van der Waals surface area contributed by atoms with Crippen molar-refractivity contribution >= 4 is 11.9 Å². The molecule has 0 aromatic carbocycles. The summed E-state index contributed by atoms with van der Waals surface area (Å²) in [4.78, 5) is 24.7. The van der Waals surface area contributed by atoms with E-state index in [-0.39, 0.29) is 24.3 Å². The number of hydrogen-bond acceptors (Lipinski definition) is 3. The average Bonchev–Trinajstić information content (AvgIpc) is 2.32. The molecule has 5 nitrogen and oxygen atoms in total. The first kappa shape index (κ1) is 12.4. The van der Waals surface area contributed by atoms with Crippen LogP contribution in [-0.2, 0) is 14.3 Å². The molecule has 0 aromatic rings. The predicted octanol–water partition coefficient (Wildman–Crippen LogP) is 0.879. The Labute approximate surface area is 101 Å². The van der Waals surface area contributed by atoms with Crippen LogP contribution in [0.4, 0.5) is 0 Å². The summed E-state index contributed by atoms with van der Waals surface area (Å²) in [6, 6.07) is 0.160. The topological polar surface area (TPSA) is 66.8 Å². The van der Waals surface area contributed by atoms with Crippen LogP contribution in [-0.4, -0.2) is 47.7 Å². The molecule has 0 spiro atoms. The molecule has 0 saturated carbocycles. The van der Waals surface area contributed by atoms with Gasteiger partial charge in [-0.1, -0.05) is 0 Å². The molecule has 1 amide bonds. The van der Waals surface area contributed by atoms with Gasteiger partial charge < -0.3 is 14.7 Å². The molecule has 17 heavy (non-hydrogen) atoms. The normalized spacial score (nSPS) is 30.4. The van der Waals surface area contributed by atoms with E-state index >= 15 is 0 Å². The van der Waals surface area contributed by atoms with Crippen molar-refractivity contribution in [3.05, 3.63) is 0 Å². The van der Waals surface area contributed by atoms with E-state index in [1.54, 1.807) is 0 Å². The maximum Gasteiger partial charge on any atom is 0.304 e. The standard InChI is InChI=1S/C12H19NO4/c14-11(15)7-9-3-1-5-13(12(9)16)10-4-2-6-17-8-10/h9-10H,1-8H2,(H,14,15). The summed E-state index contributed by atoms with van der Waals surface area (Å²) in [5.41, 5.74) is 0. The van der Waals surface area contributed by atoms with E-state index < -0.39 is 5.97 Å². The first-order valence-corrected chi connectivity index (χ1v) is 6.28. The van der Waals surface area contributed by atoms with Gasteiger partial charge in [-0.25, -0.2) is 0 Å². The minimum atomic E-state index is -0.884. The average molecular weight is 241 g/mol. The summed E-state index contributed by atoms with van der Waals surface area (Å²) < 4.78 is 5.39. The Kier molecular flexibility index (Phi) is 3.99. The van der Waals surface area contributed by atoms with E-state index in [1.807, 2.05) is 4.90 Å². The molecule has 96 valence electrons. The number of amides is 1. The second kappa shape index (κ2) is 5.49. The number of aliphatic carboxylic acids is 1. The fraction of sp³-hybridized carbons (Fsp3) is 0.833. The zero-order valence-corrected chi connectivity index (χ0v) is 9.93. The minimum absolute atomic E-state index is 0.00847. The molecule has 0 bridgehead atoms. The van der Waals surface area contributed by atoms with Crippen LogP contribution in [0.2, 0.25) is 0 Å². The quantitative estimate of drug-likeness (QED) is 0.796. The lowest BCUT2D eigenvalue weighted by Crippen LogP contribution is -2.50. The van der Waals surface area contributed by atoms with Crippen LogP contribution in [0, 0.1) is 5.92 Å². The molecule has 1 N–H and O–H groups in total. The Bertz CT molecular complexity index is 299. The van der Waals surface area contributed by atoms with Crippen molar-refractivity contribution in [2.75, 3.05) is 19.8 Å². The first-order chi connectivity index (χ1) is 8.18. The number of piperidine rings is 1. The van der Waals surface area contributed by atoms with Crippen LogP contribution in [0.25, 0.3) is 0 Å². The number of likely N-dealkylation sites (tertiary alicyclic amines) is 1. The van der Waals surface area contributed by atoms with Gasteiger partial charge in [0.1, 0.15) is 0 Å². The molecule has 2 unspecified atom stereocenters. The van der Waals surface area contributed by atoms with Crippen LogP contribution in [0.15, 0.2) is 0 Å². The molecule has 2 heterocycles. The highest BCUT2D eigenvalue weighted by Crippen LogP contribution is 2.25. The minimum Gasteiger partial charge on any atom is -0.481 e. The fourth-order valence-corrected chi connectivity index (χ4v) is 2.71. The first-order valence-electron chi connectivity index (χ1n) is 6.28. The van der Waals surface area contributed by atoms with Crippen LogP contribution in [0.3, 0.4) is 0 Å². The van der Waals surface area contributed by atoms with Gasteiger partial charge in [0.15, 0.2) is 0 Å². The number of carbonyl (C=O) groups excluding carboxylic acids is 1. The van der Waals surface area contributed by atoms with Gasteiger partial charge in [-0.15, -0.1) is 0 Å². The number of carboxylic acid groups (broad SMARTS) is 1. The van der Waals surface area contributed by atoms with Gasteiger partial charge in [-0.2, -0.15) is 0 Å². The van der Waals surface area contributed by atoms with Crippen LogP contribution >= 0.6 is 0 Å². The molecule has 5 heteroatoms. The molecular weight excluding hydrogens is 222 g/mol. The Morgan fingerprint density at radius 3 is 2.88 bits per heavy atom. The van der Waals surface area contributed by atoms with Gasteiger partial charge in [0.05, 0.1) is 19.1 Å². The number of rotatable bonds is 3. The highest BCUT2D eigenvalue weighted by atomic mass is 16.5. The van der Waals surface area contributed by atoms with E-state index in [0.717, 1.165) is 32.4 Å². The lowest BCUT2D eigenvalue weighted by Gasteiger charge is -2.39. The van der Waals surface area contributed by atoms with Crippen LogP contribution in [0.5, 0.6) is 0 Å². The highest BCUT2D eigenvalue weighted by molar-refractivity contribution is 5.84. The smallest absolute Gasteiger partial charge is 0.304 e. The van der Waals surface area contributed by atoms with Crippen molar-refractivity contribution in [3.63, 3.8) is 0 Å². The Morgan fingerprint density at radius 2 is 2.24 bits per heavy atom. The zero-order chi connectivity index (χ0) is 12.3. The van der Waals surface area contributed by atoms with E-state index in [2.05, 4.69) is 0 Å². The van der Waals surface area contributed by atoms with Crippen molar-refractivity contribution in [2.45, 2.75) is 38.1 Å². The third-order valence-electron chi connectivity index (χ3n) is 3.58.